The van der Waals surface area contributed by atoms with E-state index in [0.717, 1.165) is 31.1 Å². The van der Waals surface area contributed by atoms with Crippen LogP contribution in [0.2, 0.25) is 0 Å². The molecular formula is C10H11N5. The van der Waals surface area contributed by atoms with Crippen LogP contribution in [0.1, 0.15) is 5.56 Å². The fraction of sp³-hybridized carbons (Fsp3) is 0.400. The molecule has 0 bridgehead atoms. The minimum absolute atomic E-state index is 0.287. The van der Waals surface area contributed by atoms with E-state index in [-0.39, 0.29) is 6.17 Å². The van der Waals surface area contributed by atoms with Crippen LogP contribution in [0.25, 0.3) is 0 Å². The second-order valence-electron chi connectivity index (χ2n) is 3.76. The van der Waals surface area contributed by atoms with Gasteiger partial charge in [0.2, 0.25) is 0 Å². The van der Waals surface area contributed by atoms with Crippen LogP contribution >= 0.6 is 0 Å². The highest BCUT2D eigenvalue weighted by atomic mass is 15.4. The second kappa shape index (κ2) is 3.11. The van der Waals surface area contributed by atoms with Crippen LogP contribution in [0, 0.1) is 11.3 Å². The van der Waals surface area contributed by atoms with E-state index in [1.807, 2.05) is 6.07 Å². The third-order valence-corrected chi connectivity index (χ3v) is 2.83. The van der Waals surface area contributed by atoms with Gasteiger partial charge in [-0.2, -0.15) is 5.26 Å². The number of rotatable bonds is 0. The Morgan fingerprint density at radius 2 is 2.53 bits per heavy atom. The molecule has 15 heavy (non-hydrogen) atoms. The minimum Gasteiger partial charge on any atom is -0.361 e. The number of anilines is 2. The quantitative estimate of drug-likeness (QED) is 0.624. The van der Waals surface area contributed by atoms with Gasteiger partial charge < -0.3 is 15.5 Å². The highest BCUT2D eigenvalue weighted by Crippen LogP contribution is 2.33. The number of nitrogens with zero attached hydrogens (tertiary/aromatic N) is 3. The number of nitrogens with one attached hydrogen (secondary N) is 2. The molecule has 1 atom stereocenters. The zero-order valence-electron chi connectivity index (χ0n) is 8.20. The van der Waals surface area contributed by atoms with Crippen molar-refractivity contribution in [2.24, 2.45) is 0 Å². The molecule has 1 fully saturated rings. The Balaban J connectivity index is 2.01. The van der Waals surface area contributed by atoms with Crippen molar-refractivity contribution < 1.29 is 0 Å². The van der Waals surface area contributed by atoms with Crippen molar-refractivity contribution in [3.63, 3.8) is 0 Å². The highest BCUT2D eigenvalue weighted by molar-refractivity contribution is 5.73. The molecule has 1 unspecified atom stereocenters. The molecule has 2 aliphatic rings. The molecule has 0 aromatic carbocycles. The van der Waals surface area contributed by atoms with Crippen LogP contribution < -0.4 is 15.5 Å². The van der Waals surface area contributed by atoms with E-state index in [2.05, 4.69) is 26.6 Å². The summed E-state index contributed by atoms with van der Waals surface area (Å²) in [6.45, 7) is 2.86. The van der Waals surface area contributed by atoms with Gasteiger partial charge in [-0.1, -0.05) is 0 Å². The zero-order chi connectivity index (χ0) is 10.3. The summed E-state index contributed by atoms with van der Waals surface area (Å²) in [5.74, 6) is 0.973. The van der Waals surface area contributed by atoms with Crippen LogP contribution in [-0.2, 0) is 0 Å². The fourth-order valence-electron chi connectivity index (χ4n) is 2.12. The maximum atomic E-state index is 8.78. The third kappa shape index (κ3) is 1.22. The summed E-state index contributed by atoms with van der Waals surface area (Å²) < 4.78 is 0. The van der Waals surface area contributed by atoms with Gasteiger partial charge in [0.15, 0.2) is 5.82 Å². The molecule has 3 heterocycles. The third-order valence-electron chi connectivity index (χ3n) is 2.83. The molecule has 0 spiro atoms. The number of nitriles is 1. The van der Waals surface area contributed by atoms with Gasteiger partial charge in [-0.05, 0) is 6.07 Å². The number of piperazine rings is 1. The van der Waals surface area contributed by atoms with Crippen molar-refractivity contribution in [2.45, 2.75) is 6.17 Å². The van der Waals surface area contributed by atoms with E-state index in [1.165, 1.54) is 0 Å². The lowest BCUT2D eigenvalue weighted by molar-refractivity contribution is 0.520. The van der Waals surface area contributed by atoms with Gasteiger partial charge in [-0.15, -0.1) is 0 Å². The Bertz CT molecular complexity index is 436. The van der Waals surface area contributed by atoms with E-state index in [0.29, 0.717) is 5.56 Å². The first kappa shape index (κ1) is 8.50. The monoisotopic (exact) mass is 201 g/mol. The number of aromatic nitrogens is 1. The Morgan fingerprint density at radius 3 is 3.40 bits per heavy atom. The van der Waals surface area contributed by atoms with E-state index >= 15 is 0 Å². The average molecular weight is 201 g/mol. The first-order valence-corrected chi connectivity index (χ1v) is 5.02. The predicted octanol–water partition coefficient (Wildman–Crippen LogP) is 0.114. The SMILES string of the molecule is N#Cc1cnc2c(c1)NC1CNCCN21. The molecule has 0 saturated carbocycles. The van der Waals surface area contributed by atoms with E-state index in [4.69, 9.17) is 5.26 Å². The maximum Gasteiger partial charge on any atom is 0.153 e. The summed E-state index contributed by atoms with van der Waals surface area (Å²) in [5, 5.41) is 15.5. The van der Waals surface area contributed by atoms with Crippen LogP contribution in [0.3, 0.4) is 0 Å². The molecule has 0 aliphatic carbocycles. The lowest BCUT2D eigenvalue weighted by atomic mass is 10.3. The first-order valence-electron chi connectivity index (χ1n) is 5.02. The molecule has 5 nitrogen and oxygen atoms in total. The van der Waals surface area contributed by atoms with Gasteiger partial charge >= 0.3 is 0 Å². The Hall–Kier alpha value is -1.80. The number of hydrogen-bond acceptors (Lipinski definition) is 5. The van der Waals surface area contributed by atoms with Crippen molar-refractivity contribution >= 4 is 11.5 Å². The summed E-state index contributed by atoms with van der Waals surface area (Å²) in [5.41, 5.74) is 1.58. The molecule has 3 rings (SSSR count). The van der Waals surface area contributed by atoms with Crippen LogP contribution in [0.4, 0.5) is 11.5 Å². The van der Waals surface area contributed by atoms with Crippen LogP contribution in [0.15, 0.2) is 12.3 Å². The second-order valence-corrected chi connectivity index (χ2v) is 3.76. The van der Waals surface area contributed by atoms with Gasteiger partial charge in [0.25, 0.3) is 0 Å². The van der Waals surface area contributed by atoms with Gasteiger partial charge in [-0.25, -0.2) is 4.98 Å². The molecule has 1 saturated heterocycles. The minimum atomic E-state index is 0.287. The summed E-state index contributed by atoms with van der Waals surface area (Å²) >= 11 is 0. The average Bonchev–Trinajstić information content (AvgIpc) is 2.66. The molecule has 0 amide bonds. The highest BCUT2D eigenvalue weighted by Gasteiger charge is 2.31. The lowest BCUT2D eigenvalue weighted by Gasteiger charge is -2.30. The number of pyridine rings is 1. The van der Waals surface area contributed by atoms with Crippen molar-refractivity contribution in [3.8, 4) is 6.07 Å². The molecule has 2 aliphatic heterocycles. The van der Waals surface area contributed by atoms with Gasteiger partial charge in [0.1, 0.15) is 12.2 Å². The summed E-state index contributed by atoms with van der Waals surface area (Å²) in [6.07, 6.45) is 1.92. The van der Waals surface area contributed by atoms with Gasteiger partial charge in [0.05, 0.1) is 11.3 Å². The topological polar surface area (TPSA) is 64.0 Å². The Kier molecular flexibility index (Phi) is 1.76. The van der Waals surface area contributed by atoms with Crippen molar-refractivity contribution in [3.05, 3.63) is 17.8 Å². The predicted molar refractivity (Wildman–Crippen MR) is 56.6 cm³/mol. The van der Waals surface area contributed by atoms with Crippen molar-refractivity contribution in [1.82, 2.24) is 10.3 Å². The van der Waals surface area contributed by atoms with Crippen molar-refractivity contribution in [1.29, 1.82) is 5.26 Å². The molecular weight excluding hydrogens is 190 g/mol. The van der Waals surface area contributed by atoms with Gasteiger partial charge in [-0.3, -0.25) is 0 Å². The van der Waals surface area contributed by atoms with Gasteiger partial charge in [0, 0.05) is 25.8 Å². The number of hydrogen-bond donors (Lipinski definition) is 2. The molecule has 1 aromatic heterocycles. The molecule has 0 radical (unpaired) electrons. The maximum absolute atomic E-state index is 8.78. The van der Waals surface area contributed by atoms with Crippen molar-refractivity contribution in [2.75, 3.05) is 29.9 Å². The normalized spacial score (nSPS) is 22.6. The summed E-state index contributed by atoms with van der Waals surface area (Å²) in [6, 6.07) is 3.96. The van der Waals surface area contributed by atoms with E-state index in [1.54, 1.807) is 6.20 Å². The largest absolute Gasteiger partial charge is 0.361 e. The summed E-state index contributed by atoms with van der Waals surface area (Å²) in [4.78, 5) is 6.57. The Labute approximate surface area is 87.7 Å². The fourth-order valence-corrected chi connectivity index (χ4v) is 2.12. The summed E-state index contributed by atoms with van der Waals surface area (Å²) in [7, 11) is 0. The van der Waals surface area contributed by atoms with E-state index < -0.39 is 0 Å². The van der Waals surface area contributed by atoms with E-state index in [9.17, 15) is 0 Å². The first-order chi connectivity index (χ1) is 7.38. The molecule has 2 N–H and O–H groups in total. The van der Waals surface area contributed by atoms with Crippen LogP contribution in [-0.4, -0.2) is 30.8 Å². The molecule has 5 heteroatoms. The van der Waals surface area contributed by atoms with Crippen LogP contribution in [0.5, 0.6) is 0 Å². The number of fused-ring (bicyclic) bond motifs is 3. The smallest absolute Gasteiger partial charge is 0.153 e. The Morgan fingerprint density at radius 1 is 1.60 bits per heavy atom. The molecule has 1 aromatic rings. The zero-order valence-corrected chi connectivity index (χ0v) is 8.20. The lowest BCUT2D eigenvalue weighted by Crippen LogP contribution is -2.52. The standard InChI is InChI=1S/C10H11N5/c11-4-7-3-8-10(13-5-7)15-2-1-12-6-9(15)14-8/h3,5,9,12,14H,1-2,6H2. The molecule has 76 valence electrons.